The molecule has 0 saturated carbocycles. The molecular formula is C20H18N2O5S. The van der Waals surface area contributed by atoms with Gasteiger partial charge in [0.1, 0.15) is 16.4 Å². The lowest BCUT2D eigenvalue weighted by molar-refractivity contribution is 0.262. The van der Waals surface area contributed by atoms with Crippen LogP contribution in [0.1, 0.15) is 5.56 Å². The molecule has 0 radical (unpaired) electrons. The van der Waals surface area contributed by atoms with Gasteiger partial charge in [0, 0.05) is 11.4 Å². The maximum Gasteiger partial charge on any atom is 0.339 e. The highest BCUT2D eigenvalue weighted by atomic mass is 32.2. The highest BCUT2D eigenvalue weighted by Crippen LogP contribution is 2.23. The van der Waals surface area contributed by atoms with Crippen LogP contribution < -0.4 is 14.8 Å². The highest BCUT2D eigenvalue weighted by Gasteiger charge is 2.18. The van der Waals surface area contributed by atoms with Crippen LogP contribution in [0.15, 0.2) is 77.7 Å². The summed E-state index contributed by atoms with van der Waals surface area (Å²) < 4.78 is 29.9. The number of phenols is 1. The topological polar surface area (TPSA) is 105 Å². The van der Waals surface area contributed by atoms with Crippen molar-refractivity contribution in [3.05, 3.63) is 78.4 Å². The Morgan fingerprint density at radius 2 is 1.39 bits per heavy atom. The molecule has 0 aliphatic rings. The van der Waals surface area contributed by atoms with Gasteiger partial charge in [-0.2, -0.15) is 8.42 Å². The van der Waals surface area contributed by atoms with E-state index in [2.05, 4.69) is 10.6 Å². The molecule has 0 fully saturated rings. The van der Waals surface area contributed by atoms with Crippen molar-refractivity contribution in [3.8, 4) is 11.5 Å². The zero-order chi connectivity index (χ0) is 20.1. The van der Waals surface area contributed by atoms with Crippen LogP contribution in [0.2, 0.25) is 0 Å². The first kappa shape index (κ1) is 19.2. The van der Waals surface area contributed by atoms with E-state index in [9.17, 15) is 18.3 Å². The first-order valence-electron chi connectivity index (χ1n) is 8.31. The lowest BCUT2D eigenvalue weighted by Gasteiger charge is -2.10. The molecule has 3 rings (SSSR count). The Labute approximate surface area is 162 Å². The standard InChI is InChI=1S/C20H18N2O5S/c1-14-4-2-3-5-19(14)28(25,26)27-18-12-8-16(9-13-18)22-20(24)21-15-6-10-17(23)11-7-15/h2-13,23H,1H3,(H2,21,22,24). The van der Waals surface area contributed by atoms with E-state index in [0.717, 1.165) is 0 Å². The number of aromatic hydroxyl groups is 1. The third-order valence-electron chi connectivity index (χ3n) is 3.81. The van der Waals surface area contributed by atoms with Gasteiger partial charge in [0.25, 0.3) is 0 Å². The fraction of sp³-hybridized carbons (Fsp3) is 0.0500. The third-order valence-corrected chi connectivity index (χ3v) is 5.21. The smallest absolute Gasteiger partial charge is 0.339 e. The molecule has 0 heterocycles. The molecule has 7 nitrogen and oxygen atoms in total. The van der Waals surface area contributed by atoms with Crippen LogP contribution in [0, 0.1) is 6.92 Å². The van der Waals surface area contributed by atoms with Crippen molar-refractivity contribution in [3.63, 3.8) is 0 Å². The average Bonchev–Trinajstić information content (AvgIpc) is 2.65. The van der Waals surface area contributed by atoms with E-state index >= 15 is 0 Å². The van der Waals surface area contributed by atoms with Crippen LogP contribution >= 0.6 is 0 Å². The van der Waals surface area contributed by atoms with Gasteiger partial charge in [-0.25, -0.2) is 4.79 Å². The second-order valence-electron chi connectivity index (χ2n) is 5.95. The zero-order valence-corrected chi connectivity index (χ0v) is 15.7. The molecule has 8 heteroatoms. The second kappa shape index (κ2) is 8.01. The van der Waals surface area contributed by atoms with Crippen LogP contribution in [0.4, 0.5) is 16.2 Å². The molecule has 3 N–H and O–H groups in total. The van der Waals surface area contributed by atoms with E-state index in [1.807, 2.05) is 0 Å². The number of carbonyl (C=O) groups excluding carboxylic acids is 1. The fourth-order valence-electron chi connectivity index (χ4n) is 2.44. The number of anilines is 2. The quantitative estimate of drug-likeness (QED) is 0.443. The molecule has 28 heavy (non-hydrogen) atoms. The van der Waals surface area contributed by atoms with Crippen LogP contribution in [0.5, 0.6) is 11.5 Å². The maximum atomic E-state index is 12.4. The van der Waals surface area contributed by atoms with Crippen molar-refractivity contribution in [2.45, 2.75) is 11.8 Å². The molecule has 0 aromatic heterocycles. The number of carbonyl (C=O) groups is 1. The van der Waals surface area contributed by atoms with Gasteiger partial charge < -0.3 is 19.9 Å². The molecule has 144 valence electrons. The number of hydrogen-bond donors (Lipinski definition) is 3. The number of aryl methyl sites for hydroxylation is 1. The Balaban J connectivity index is 1.64. The zero-order valence-electron chi connectivity index (χ0n) is 14.9. The van der Waals surface area contributed by atoms with Crippen molar-refractivity contribution in [1.29, 1.82) is 0 Å². The molecule has 0 atom stereocenters. The van der Waals surface area contributed by atoms with Crippen molar-refractivity contribution in [1.82, 2.24) is 0 Å². The monoisotopic (exact) mass is 398 g/mol. The summed E-state index contributed by atoms with van der Waals surface area (Å²) in [5.41, 5.74) is 1.56. The van der Waals surface area contributed by atoms with E-state index < -0.39 is 16.1 Å². The molecule has 0 unspecified atom stereocenters. The van der Waals surface area contributed by atoms with Crippen molar-refractivity contribution >= 4 is 27.5 Å². The molecule has 0 bridgehead atoms. The van der Waals surface area contributed by atoms with Gasteiger partial charge in [-0.1, -0.05) is 18.2 Å². The first-order valence-corrected chi connectivity index (χ1v) is 9.71. The number of amides is 2. The molecule has 0 spiro atoms. The number of nitrogens with one attached hydrogen (secondary N) is 2. The summed E-state index contributed by atoms with van der Waals surface area (Å²) in [5, 5.41) is 14.5. The third kappa shape index (κ3) is 4.80. The van der Waals surface area contributed by atoms with Gasteiger partial charge in [0.05, 0.1) is 0 Å². The Morgan fingerprint density at radius 3 is 1.96 bits per heavy atom. The minimum absolute atomic E-state index is 0.0993. The predicted octanol–water partition coefficient (Wildman–Crippen LogP) is 4.11. The summed E-state index contributed by atoms with van der Waals surface area (Å²) in [6.45, 7) is 1.69. The molecule has 2 amide bonds. The number of hydrogen-bond acceptors (Lipinski definition) is 5. The molecule has 3 aromatic carbocycles. The Bertz CT molecular complexity index is 1080. The second-order valence-corrected chi connectivity index (χ2v) is 7.47. The summed E-state index contributed by atoms with van der Waals surface area (Å²) in [4.78, 5) is 12.1. The van der Waals surface area contributed by atoms with E-state index in [-0.39, 0.29) is 16.4 Å². The van der Waals surface area contributed by atoms with E-state index in [1.165, 1.54) is 42.5 Å². The van der Waals surface area contributed by atoms with Gasteiger partial charge in [-0.15, -0.1) is 0 Å². The van der Waals surface area contributed by atoms with E-state index in [0.29, 0.717) is 16.9 Å². The van der Waals surface area contributed by atoms with Gasteiger partial charge >= 0.3 is 16.1 Å². The Hall–Kier alpha value is -3.52. The lowest BCUT2D eigenvalue weighted by Crippen LogP contribution is -2.19. The lowest BCUT2D eigenvalue weighted by atomic mass is 10.2. The van der Waals surface area contributed by atoms with E-state index in [1.54, 1.807) is 37.3 Å². The molecule has 0 aliphatic heterocycles. The van der Waals surface area contributed by atoms with Crippen LogP contribution in [0.25, 0.3) is 0 Å². The van der Waals surface area contributed by atoms with Crippen molar-refractivity contribution in [2.75, 3.05) is 10.6 Å². The van der Waals surface area contributed by atoms with Gasteiger partial charge in [0.15, 0.2) is 0 Å². The number of phenolic OH excluding ortho intramolecular Hbond substituents is 1. The Kier molecular flexibility index (Phi) is 5.51. The Morgan fingerprint density at radius 1 is 0.857 bits per heavy atom. The summed E-state index contributed by atoms with van der Waals surface area (Å²) >= 11 is 0. The van der Waals surface area contributed by atoms with Crippen LogP contribution in [-0.4, -0.2) is 19.6 Å². The summed E-state index contributed by atoms with van der Waals surface area (Å²) in [6.07, 6.45) is 0. The number of rotatable bonds is 5. The minimum Gasteiger partial charge on any atom is -0.508 e. The first-order chi connectivity index (χ1) is 13.3. The molecule has 0 aliphatic carbocycles. The molecule has 0 saturated heterocycles. The fourth-order valence-corrected chi connectivity index (χ4v) is 3.60. The highest BCUT2D eigenvalue weighted by molar-refractivity contribution is 7.87. The van der Waals surface area contributed by atoms with Crippen LogP contribution in [-0.2, 0) is 10.1 Å². The van der Waals surface area contributed by atoms with E-state index in [4.69, 9.17) is 4.18 Å². The van der Waals surface area contributed by atoms with Crippen molar-refractivity contribution < 1.29 is 22.5 Å². The predicted molar refractivity (Wildman–Crippen MR) is 106 cm³/mol. The average molecular weight is 398 g/mol. The van der Waals surface area contributed by atoms with Gasteiger partial charge in [-0.05, 0) is 67.1 Å². The van der Waals surface area contributed by atoms with Gasteiger partial charge in [0.2, 0.25) is 0 Å². The largest absolute Gasteiger partial charge is 0.508 e. The van der Waals surface area contributed by atoms with Gasteiger partial charge in [-0.3, -0.25) is 0 Å². The summed E-state index contributed by atoms with van der Waals surface area (Å²) in [5.74, 6) is 0.231. The summed E-state index contributed by atoms with van der Waals surface area (Å²) in [7, 11) is -3.94. The number of benzene rings is 3. The number of urea groups is 1. The van der Waals surface area contributed by atoms with Crippen molar-refractivity contribution in [2.24, 2.45) is 0 Å². The maximum absolute atomic E-state index is 12.4. The molecule has 3 aromatic rings. The van der Waals surface area contributed by atoms with Crippen LogP contribution in [0.3, 0.4) is 0 Å². The summed E-state index contributed by atoms with van der Waals surface area (Å²) in [6, 6.07) is 18.0. The molecular weight excluding hydrogens is 380 g/mol. The minimum atomic E-state index is -3.94. The normalized spacial score (nSPS) is 10.9. The SMILES string of the molecule is Cc1ccccc1S(=O)(=O)Oc1ccc(NC(=O)Nc2ccc(O)cc2)cc1.